The highest BCUT2D eigenvalue weighted by atomic mass is 127. The molecule has 1 fully saturated rings. The molecule has 2 aromatic carbocycles. The Hall–Kier alpha value is -0.950. The SMILES string of the molecule is C[C@@H](C1COC(c2ccccc2)(c2ccccc2)O1)[N+](C)(C)C.[I-]. The first-order valence-corrected chi connectivity index (χ1v) is 8.17. The van der Waals surface area contributed by atoms with Crippen molar-refractivity contribution in [2.24, 2.45) is 0 Å². The number of hydrogen-bond acceptors (Lipinski definition) is 2. The lowest BCUT2D eigenvalue weighted by Gasteiger charge is -2.36. The summed E-state index contributed by atoms with van der Waals surface area (Å²) in [4.78, 5) is 0. The molecule has 1 saturated heterocycles. The van der Waals surface area contributed by atoms with Crippen LogP contribution in [0, 0.1) is 0 Å². The van der Waals surface area contributed by atoms with Crippen molar-refractivity contribution in [1.82, 2.24) is 0 Å². The summed E-state index contributed by atoms with van der Waals surface area (Å²) in [6.45, 7) is 2.82. The van der Waals surface area contributed by atoms with Gasteiger partial charge in [0.05, 0.1) is 27.7 Å². The summed E-state index contributed by atoms with van der Waals surface area (Å²) in [6, 6.07) is 20.8. The van der Waals surface area contributed by atoms with Crippen LogP contribution in [0.4, 0.5) is 0 Å². The maximum atomic E-state index is 6.57. The van der Waals surface area contributed by atoms with Crippen LogP contribution in [0.3, 0.4) is 0 Å². The van der Waals surface area contributed by atoms with E-state index in [0.717, 1.165) is 15.6 Å². The Morgan fingerprint density at radius 3 is 1.79 bits per heavy atom. The molecule has 1 aliphatic heterocycles. The van der Waals surface area contributed by atoms with Crippen molar-refractivity contribution in [3.05, 3.63) is 71.8 Å². The predicted octanol–water partition coefficient (Wildman–Crippen LogP) is 0.402. The van der Waals surface area contributed by atoms with Crippen LogP contribution >= 0.6 is 0 Å². The maximum Gasteiger partial charge on any atom is 0.223 e. The van der Waals surface area contributed by atoms with E-state index in [9.17, 15) is 0 Å². The first-order chi connectivity index (χ1) is 10.9. The van der Waals surface area contributed by atoms with E-state index in [1.807, 2.05) is 36.4 Å². The predicted molar refractivity (Wildman–Crippen MR) is 92.0 cm³/mol. The minimum atomic E-state index is -0.809. The first-order valence-electron chi connectivity index (χ1n) is 8.17. The molecular weight excluding hydrogens is 413 g/mol. The lowest BCUT2D eigenvalue weighted by Crippen LogP contribution is -3.00. The highest BCUT2D eigenvalue weighted by molar-refractivity contribution is 5.34. The Kier molecular flexibility index (Phi) is 6.07. The molecule has 2 aromatic rings. The minimum Gasteiger partial charge on any atom is -1.00 e. The van der Waals surface area contributed by atoms with Gasteiger partial charge in [0.25, 0.3) is 0 Å². The summed E-state index contributed by atoms with van der Waals surface area (Å²) in [6.07, 6.45) is 0.0513. The summed E-state index contributed by atoms with van der Waals surface area (Å²) in [7, 11) is 6.58. The molecule has 0 radical (unpaired) electrons. The molecule has 0 N–H and O–H groups in total. The van der Waals surface area contributed by atoms with Crippen molar-refractivity contribution in [3.8, 4) is 0 Å². The van der Waals surface area contributed by atoms with Crippen LogP contribution in [-0.2, 0) is 15.3 Å². The highest BCUT2D eigenvalue weighted by Gasteiger charge is 2.48. The number of halogens is 1. The van der Waals surface area contributed by atoms with E-state index in [4.69, 9.17) is 9.47 Å². The first kappa shape index (κ1) is 19.4. The van der Waals surface area contributed by atoms with Gasteiger partial charge in [-0.1, -0.05) is 60.7 Å². The molecule has 1 aliphatic rings. The average Bonchev–Trinajstić information content (AvgIpc) is 3.01. The van der Waals surface area contributed by atoms with Crippen LogP contribution in [0.1, 0.15) is 18.1 Å². The third kappa shape index (κ3) is 3.67. The number of rotatable bonds is 4. The molecule has 3 nitrogen and oxygen atoms in total. The lowest BCUT2D eigenvalue weighted by molar-refractivity contribution is -0.897. The zero-order chi connectivity index (χ0) is 16.5. The maximum absolute atomic E-state index is 6.57. The number of ether oxygens (including phenoxy) is 2. The second kappa shape index (κ2) is 7.52. The highest BCUT2D eigenvalue weighted by Crippen LogP contribution is 2.41. The molecule has 0 aliphatic carbocycles. The number of likely N-dealkylation sites (N-methyl/N-ethyl adjacent to an activating group) is 1. The second-order valence-electron chi connectivity index (χ2n) is 7.17. The standard InChI is InChI=1S/C20H26NO2.HI/c1-16(21(2,3)4)19-15-22-20(23-19,17-11-7-5-8-12-17)18-13-9-6-10-14-18;/h5-14,16,19H,15H2,1-4H3;1H/q+1;/p-1/t16-,19?;/m0./s1. The van der Waals surface area contributed by atoms with Crippen molar-refractivity contribution in [3.63, 3.8) is 0 Å². The summed E-state index contributed by atoms with van der Waals surface area (Å²) < 4.78 is 13.7. The monoisotopic (exact) mass is 439 g/mol. The molecule has 0 aromatic heterocycles. The van der Waals surface area contributed by atoms with Crippen LogP contribution in [0.25, 0.3) is 0 Å². The van der Waals surface area contributed by atoms with Gasteiger partial charge in [0, 0.05) is 11.1 Å². The van der Waals surface area contributed by atoms with Crippen LogP contribution in [0.2, 0.25) is 0 Å². The molecule has 130 valence electrons. The topological polar surface area (TPSA) is 18.5 Å². The number of quaternary nitrogens is 1. The van der Waals surface area contributed by atoms with Gasteiger partial charge in [-0.15, -0.1) is 0 Å². The third-order valence-electron chi connectivity index (χ3n) is 4.84. The van der Waals surface area contributed by atoms with Crippen LogP contribution in [-0.4, -0.2) is 44.4 Å². The van der Waals surface area contributed by atoms with E-state index in [0.29, 0.717) is 12.6 Å². The summed E-state index contributed by atoms with van der Waals surface area (Å²) in [5, 5.41) is 0. The van der Waals surface area contributed by atoms with Crippen molar-refractivity contribution < 1.29 is 37.9 Å². The molecule has 1 heterocycles. The fourth-order valence-electron chi connectivity index (χ4n) is 3.00. The molecule has 1 unspecified atom stereocenters. The largest absolute Gasteiger partial charge is 1.00 e. The van der Waals surface area contributed by atoms with Gasteiger partial charge in [-0.05, 0) is 6.92 Å². The molecule has 0 saturated carbocycles. The average molecular weight is 439 g/mol. The Morgan fingerprint density at radius 2 is 1.38 bits per heavy atom. The van der Waals surface area contributed by atoms with Crippen LogP contribution < -0.4 is 24.0 Å². The summed E-state index contributed by atoms with van der Waals surface area (Å²) in [5.74, 6) is -0.809. The van der Waals surface area contributed by atoms with Gasteiger partial charge < -0.3 is 37.9 Å². The van der Waals surface area contributed by atoms with E-state index in [1.54, 1.807) is 0 Å². The zero-order valence-electron chi connectivity index (χ0n) is 14.8. The van der Waals surface area contributed by atoms with Gasteiger partial charge in [0.2, 0.25) is 5.79 Å². The number of hydrogen-bond donors (Lipinski definition) is 0. The van der Waals surface area contributed by atoms with Gasteiger partial charge in [-0.2, -0.15) is 0 Å². The van der Waals surface area contributed by atoms with E-state index in [-0.39, 0.29) is 30.1 Å². The molecule has 0 spiro atoms. The van der Waals surface area contributed by atoms with E-state index in [1.165, 1.54) is 0 Å². The molecule has 3 rings (SSSR count). The Morgan fingerprint density at radius 1 is 0.917 bits per heavy atom. The smallest absolute Gasteiger partial charge is 0.223 e. The Balaban J connectivity index is 0.00000208. The number of benzene rings is 2. The van der Waals surface area contributed by atoms with Crippen molar-refractivity contribution in [1.29, 1.82) is 0 Å². The van der Waals surface area contributed by atoms with Crippen molar-refractivity contribution in [2.75, 3.05) is 27.7 Å². The lowest BCUT2D eigenvalue weighted by atomic mass is 9.97. The van der Waals surface area contributed by atoms with Gasteiger partial charge in [0.1, 0.15) is 12.1 Å². The molecule has 24 heavy (non-hydrogen) atoms. The Labute approximate surface area is 162 Å². The van der Waals surface area contributed by atoms with E-state index >= 15 is 0 Å². The quantitative estimate of drug-likeness (QED) is 0.508. The fraction of sp³-hybridized carbons (Fsp3) is 0.400. The van der Waals surface area contributed by atoms with Gasteiger partial charge in [-0.3, -0.25) is 0 Å². The Bertz CT molecular complexity index is 600. The second-order valence-corrected chi connectivity index (χ2v) is 7.17. The third-order valence-corrected chi connectivity index (χ3v) is 4.84. The van der Waals surface area contributed by atoms with Gasteiger partial charge in [-0.25, -0.2) is 0 Å². The van der Waals surface area contributed by atoms with Crippen LogP contribution in [0.15, 0.2) is 60.7 Å². The zero-order valence-corrected chi connectivity index (χ0v) is 16.9. The van der Waals surface area contributed by atoms with E-state index in [2.05, 4.69) is 52.3 Å². The number of nitrogens with zero attached hydrogens (tertiary/aromatic N) is 1. The minimum absolute atomic E-state index is 0. The molecule has 0 bridgehead atoms. The summed E-state index contributed by atoms with van der Waals surface area (Å²) >= 11 is 0. The molecule has 2 atom stereocenters. The van der Waals surface area contributed by atoms with Crippen molar-refractivity contribution >= 4 is 0 Å². The van der Waals surface area contributed by atoms with Gasteiger partial charge >= 0.3 is 0 Å². The summed E-state index contributed by atoms with van der Waals surface area (Å²) in [5.41, 5.74) is 2.09. The van der Waals surface area contributed by atoms with Gasteiger partial charge in [0.15, 0.2) is 0 Å². The molecule has 0 amide bonds. The molecule has 4 heteroatoms. The normalized spacial score (nSPS) is 21.1. The van der Waals surface area contributed by atoms with E-state index < -0.39 is 5.79 Å². The fourth-order valence-corrected chi connectivity index (χ4v) is 3.00. The van der Waals surface area contributed by atoms with Crippen molar-refractivity contribution in [2.45, 2.75) is 24.9 Å². The van der Waals surface area contributed by atoms with Crippen LogP contribution in [0.5, 0.6) is 0 Å². The molecular formula is C20H26INO2.